The van der Waals surface area contributed by atoms with Gasteiger partial charge in [0, 0.05) is 23.0 Å². The van der Waals surface area contributed by atoms with E-state index in [0.29, 0.717) is 11.5 Å². The smallest absolute Gasteiger partial charge is 0.131 e. The number of nitrogen functional groups attached to an aromatic ring is 2. The van der Waals surface area contributed by atoms with E-state index in [2.05, 4.69) is 4.98 Å². The first-order valence-corrected chi connectivity index (χ1v) is 6.51. The number of halogens is 1. The molecule has 0 unspecified atom stereocenters. The molecule has 0 aliphatic heterocycles. The third kappa shape index (κ3) is 2.69. The van der Waals surface area contributed by atoms with Crippen LogP contribution in [0.25, 0.3) is 22.3 Å². The van der Waals surface area contributed by atoms with E-state index in [1.54, 1.807) is 12.3 Å². The Morgan fingerprint density at radius 3 is 2.29 bits per heavy atom. The van der Waals surface area contributed by atoms with Gasteiger partial charge in [-0.1, -0.05) is 24.3 Å². The average molecular weight is 279 g/mol. The Morgan fingerprint density at radius 2 is 1.57 bits per heavy atom. The molecule has 0 atom stereocenters. The summed E-state index contributed by atoms with van der Waals surface area (Å²) in [4.78, 5) is 4.21. The monoisotopic (exact) mass is 279 g/mol. The molecule has 3 nitrogen and oxygen atoms in total. The number of pyridine rings is 1. The minimum Gasteiger partial charge on any atom is -0.399 e. The highest BCUT2D eigenvalue weighted by molar-refractivity contribution is 5.79. The van der Waals surface area contributed by atoms with Crippen LogP contribution in [0, 0.1) is 5.82 Å². The summed E-state index contributed by atoms with van der Waals surface area (Å²) in [5.41, 5.74) is 15.6. The maximum atomic E-state index is 13.3. The van der Waals surface area contributed by atoms with E-state index in [4.69, 9.17) is 11.5 Å². The molecule has 0 aliphatic rings. The van der Waals surface area contributed by atoms with Gasteiger partial charge in [-0.25, -0.2) is 9.37 Å². The first-order valence-electron chi connectivity index (χ1n) is 6.51. The van der Waals surface area contributed by atoms with Crippen LogP contribution < -0.4 is 11.5 Å². The number of anilines is 2. The lowest BCUT2D eigenvalue weighted by Crippen LogP contribution is -1.95. The van der Waals surface area contributed by atoms with E-state index in [9.17, 15) is 4.39 Å². The summed E-state index contributed by atoms with van der Waals surface area (Å²) in [7, 11) is 0. The van der Waals surface area contributed by atoms with Crippen molar-refractivity contribution < 1.29 is 4.39 Å². The molecule has 0 spiro atoms. The Morgan fingerprint density at radius 1 is 0.810 bits per heavy atom. The fourth-order valence-electron chi connectivity index (χ4n) is 2.20. The molecule has 0 fully saturated rings. The quantitative estimate of drug-likeness (QED) is 0.703. The molecule has 4 N–H and O–H groups in total. The van der Waals surface area contributed by atoms with Gasteiger partial charge in [0.25, 0.3) is 0 Å². The van der Waals surface area contributed by atoms with Crippen LogP contribution >= 0.6 is 0 Å². The second kappa shape index (κ2) is 5.25. The Bertz CT molecular complexity index is 782. The molecule has 1 heterocycles. The molecule has 3 rings (SSSR count). The summed E-state index contributed by atoms with van der Waals surface area (Å²) in [6, 6.07) is 15.7. The highest BCUT2D eigenvalue weighted by Gasteiger charge is 2.07. The maximum absolute atomic E-state index is 13.3. The number of aromatic nitrogens is 1. The number of hydrogen-bond acceptors (Lipinski definition) is 3. The fourth-order valence-corrected chi connectivity index (χ4v) is 2.20. The predicted molar refractivity (Wildman–Crippen MR) is 83.9 cm³/mol. The topological polar surface area (TPSA) is 64.9 Å². The molecule has 0 saturated heterocycles. The number of benzene rings is 2. The summed E-state index contributed by atoms with van der Waals surface area (Å²) in [6.45, 7) is 0. The van der Waals surface area contributed by atoms with Crippen LogP contribution in [0.15, 0.2) is 60.8 Å². The van der Waals surface area contributed by atoms with Crippen molar-refractivity contribution in [2.75, 3.05) is 11.5 Å². The second-order valence-corrected chi connectivity index (χ2v) is 4.79. The van der Waals surface area contributed by atoms with Crippen LogP contribution in [0.1, 0.15) is 0 Å². The number of rotatable bonds is 2. The Kier molecular flexibility index (Phi) is 3.28. The van der Waals surface area contributed by atoms with Crippen LogP contribution in [0.3, 0.4) is 0 Å². The Balaban J connectivity index is 2.10. The highest BCUT2D eigenvalue weighted by Crippen LogP contribution is 2.30. The fraction of sp³-hybridized carbons (Fsp3) is 0. The van der Waals surface area contributed by atoms with Gasteiger partial charge in [-0.05, 0) is 41.5 Å². The lowest BCUT2D eigenvalue weighted by molar-refractivity contribution is 0.628. The van der Waals surface area contributed by atoms with Crippen molar-refractivity contribution in [3.63, 3.8) is 0 Å². The molecular weight excluding hydrogens is 265 g/mol. The maximum Gasteiger partial charge on any atom is 0.131 e. The molecule has 0 bridgehead atoms. The van der Waals surface area contributed by atoms with Crippen LogP contribution in [0.4, 0.5) is 15.9 Å². The molecular formula is C17H14FN3. The average Bonchev–Trinajstić information content (AvgIpc) is 2.49. The zero-order chi connectivity index (χ0) is 14.8. The van der Waals surface area contributed by atoms with E-state index in [1.807, 2.05) is 36.4 Å². The van der Waals surface area contributed by atoms with Gasteiger partial charge in [0.1, 0.15) is 11.6 Å². The van der Waals surface area contributed by atoms with Crippen LogP contribution in [0.5, 0.6) is 0 Å². The van der Waals surface area contributed by atoms with Crippen molar-refractivity contribution in [2.45, 2.75) is 0 Å². The first kappa shape index (κ1) is 13.1. The van der Waals surface area contributed by atoms with E-state index in [0.717, 1.165) is 22.3 Å². The van der Waals surface area contributed by atoms with Crippen molar-refractivity contribution in [1.82, 2.24) is 4.98 Å². The van der Waals surface area contributed by atoms with Crippen molar-refractivity contribution in [1.29, 1.82) is 0 Å². The largest absolute Gasteiger partial charge is 0.399 e. The van der Waals surface area contributed by atoms with E-state index in [1.165, 1.54) is 12.1 Å². The van der Waals surface area contributed by atoms with Crippen LogP contribution in [-0.4, -0.2) is 4.98 Å². The number of hydrogen-bond donors (Lipinski definition) is 2. The van der Waals surface area contributed by atoms with Crippen LogP contribution in [0.2, 0.25) is 0 Å². The van der Waals surface area contributed by atoms with Gasteiger partial charge < -0.3 is 11.5 Å². The normalized spacial score (nSPS) is 10.5. The minimum absolute atomic E-state index is 0.279. The van der Waals surface area contributed by atoms with E-state index < -0.39 is 0 Å². The first-order chi connectivity index (χ1) is 10.1. The Hall–Kier alpha value is -2.88. The highest BCUT2D eigenvalue weighted by atomic mass is 19.1. The third-order valence-corrected chi connectivity index (χ3v) is 3.30. The van der Waals surface area contributed by atoms with Crippen LogP contribution in [-0.2, 0) is 0 Å². The number of nitrogens with zero attached hydrogens (tertiary/aromatic N) is 1. The van der Waals surface area contributed by atoms with Crippen molar-refractivity contribution in [3.05, 3.63) is 66.6 Å². The molecule has 3 aromatic rings. The molecule has 0 radical (unpaired) electrons. The lowest BCUT2D eigenvalue weighted by atomic mass is 10.0. The number of nitrogens with two attached hydrogens (primary N) is 2. The minimum atomic E-state index is -0.279. The molecule has 0 amide bonds. The molecule has 0 aliphatic carbocycles. The Labute approximate surface area is 122 Å². The molecule has 0 saturated carbocycles. The summed E-state index contributed by atoms with van der Waals surface area (Å²) in [6.07, 6.45) is 1.64. The van der Waals surface area contributed by atoms with Gasteiger partial charge >= 0.3 is 0 Å². The van der Waals surface area contributed by atoms with Crippen molar-refractivity contribution in [3.8, 4) is 22.3 Å². The molecule has 1 aromatic heterocycles. The van der Waals surface area contributed by atoms with Gasteiger partial charge in [-0.3, -0.25) is 0 Å². The van der Waals surface area contributed by atoms with Gasteiger partial charge in [0.2, 0.25) is 0 Å². The zero-order valence-electron chi connectivity index (χ0n) is 11.3. The van der Waals surface area contributed by atoms with Gasteiger partial charge in [-0.2, -0.15) is 0 Å². The van der Waals surface area contributed by atoms with Gasteiger partial charge in [0.05, 0.1) is 0 Å². The summed E-state index contributed by atoms with van der Waals surface area (Å²) in [5, 5.41) is 0. The predicted octanol–water partition coefficient (Wildman–Crippen LogP) is 3.72. The summed E-state index contributed by atoms with van der Waals surface area (Å²) >= 11 is 0. The molecule has 2 aromatic carbocycles. The molecule has 4 heteroatoms. The molecule has 21 heavy (non-hydrogen) atoms. The summed E-state index contributed by atoms with van der Waals surface area (Å²) < 4.78 is 13.3. The SMILES string of the molecule is Nc1ccc(-c2cc(-c3cccc(F)c3)cnc2N)cc1. The second-order valence-electron chi connectivity index (χ2n) is 4.79. The van der Waals surface area contributed by atoms with Crippen molar-refractivity contribution in [2.24, 2.45) is 0 Å². The lowest BCUT2D eigenvalue weighted by Gasteiger charge is -2.09. The molecule has 104 valence electrons. The van der Waals surface area contributed by atoms with E-state index >= 15 is 0 Å². The summed E-state index contributed by atoms with van der Waals surface area (Å²) in [5.74, 6) is 0.151. The van der Waals surface area contributed by atoms with E-state index in [-0.39, 0.29) is 5.82 Å². The zero-order valence-corrected chi connectivity index (χ0v) is 11.3. The van der Waals surface area contributed by atoms with Gasteiger partial charge in [-0.15, -0.1) is 0 Å². The standard InChI is InChI=1S/C17H14FN3/c18-14-3-1-2-12(8-14)13-9-16(17(20)21-10-13)11-4-6-15(19)7-5-11/h1-10H,19H2,(H2,20,21). The third-order valence-electron chi connectivity index (χ3n) is 3.30. The van der Waals surface area contributed by atoms with Crippen molar-refractivity contribution >= 4 is 11.5 Å². The van der Waals surface area contributed by atoms with Gasteiger partial charge in [0.15, 0.2) is 0 Å².